The third-order valence-corrected chi connectivity index (χ3v) is 4.08. The minimum absolute atomic E-state index is 0.0222. The van der Waals surface area contributed by atoms with Gasteiger partial charge in [0.1, 0.15) is 5.75 Å². The molecule has 2 N–H and O–H groups in total. The Balaban J connectivity index is 1.65. The van der Waals surface area contributed by atoms with Crippen molar-refractivity contribution in [2.45, 2.75) is 18.9 Å². The molecule has 1 unspecified atom stereocenters. The van der Waals surface area contributed by atoms with Crippen molar-refractivity contribution in [3.63, 3.8) is 0 Å². The number of benzene rings is 2. The summed E-state index contributed by atoms with van der Waals surface area (Å²) in [4.78, 5) is 12.2. The molecule has 2 aromatic carbocycles. The van der Waals surface area contributed by atoms with Crippen LogP contribution in [0.5, 0.6) is 5.75 Å². The van der Waals surface area contributed by atoms with Crippen molar-refractivity contribution in [2.75, 3.05) is 13.2 Å². The van der Waals surface area contributed by atoms with Crippen molar-refractivity contribution in [1.82, 2.24) is 5.32 Å². The molecule has 0 saturated carbocycles. The first-order valence-corrected chi connectivity index (χ1v) is 8.16. The molecule has 0 radical (unpaired) electrons. The normalized spacial score (nSPS) is 14.2. The lowest BCUT2D eigenvalue weighted by molar-refractivity contribution is -0.117. The number of rotatable bonds is 6. The molecule has 1 amide bonds. The molecule has 24 heavy (non-hydrogen) atoms. The van der Waals surface area contributed by atoms with E-state index in [9.17, 15) is 9.90 Å². The van der Waals surface area contributed by atoms with Crippen LogP contribution in [0.4, 0.5) is 0 Å². The first-order chi connectivity index (χ1) is 11.8. The average molecular weight is 323 g/mol. The molecular formula is C20H21NO3. The Morgan fingerprint density at radius 3 is 2.88 bits per heavy atom. The number of carbonyl (C=O) groups excluding carboxylic acids is 1. The lowest BCUT2D eigenvalue weighted by atomic mass is 10.0. The van der Waals surface area contributed by atoms with Crippen molar-refractivity contribution in [3.8, 4) is 5.75 Å². The topological polar surface area (TPSA) is 58.6 Å². The quantitative estimate of drug-likeness (QED) is 0.804. The number of ether oxygens (including phenoxy) is 1. The summed E-state index contributed by atoms with van der Waals surface area (Å²) in [6, 6.07) is 15.4. The predicted octanol–water partition coefficient (Wildman–Crippen LogP) is 2.87. The largest absolute Gasteiger partial charge is 0.493 e. The lowest BCUT2D eigenvalue weighted by Crippen LogP contribution is -2.27. The number of hydrogen-bond donors (Lipinski definition) is 2. The zero-order valence-corrected chi connectivity index (χ0v) is 13.4. The molecule has 0 saturated heterocycles. The van der Waals surface area contributed by atoms with Gasteiger partial charge in [-0.3, -0.25) is 4.79 Å². The van der Waals surface area contributed by atoms with Crippen LogP contribution in [0.1, 0.15) is 29.2 Å². The van der Waals surface area contributed by atoms with Gasteiger partial charge in [-0.2, -0.15) is 0 Å². The van der Waals surface area contributed by atoms with Gasteiger partial charge in [0.25, 0.3) is 0 Å². The Kier molecular flexibility index (Phi) is 5.29. The molecule has 0 aromatic heterocycles. The van der Waals surface area contributed by atoms with E-state index in [-0.39, 0.29) is 18.6 Å². The van der Waals surface area contributed by atoms with Gasteiger partial charge < -0.3 is 15.2 Å². The molecule has 2 aromatic rings. The number of hydrogen-bond acceptors (Lipinski definition) is 3. The summed E-state index contributed by atoms with van der Waals surface area (Å²) < 4.78 is 5.48. The van der Waals surface area contributed by atoms with Crippen LogP contribution >= 0.6 is 0 Å². The third-order valence-electron chi connectivity index (χ3n) is 4.08. The molecule has 0 fully saturated rings. The molecular weight excluding hydrogens is 302 g/mol. The molecule has 0 spiro atoms. The smallest absolute Gasteiger partial charge is 0.244 e. The van der Waals surface area contributed by atoms with E-state index in [1.165, 1.54) is 11.6 Å². The van der Waals surface area contributed by atoms with Gasteiger partial charge in [-0.1, -0.05) is 36.4 Å². The molecule has 1 atom stereocenters. The Labute approximate surface area is 141 Å². The van der Waals surface area contributed by atoms with Crippen molar-refractivity contribution in [3.05, 3.63) is 71.3 Å². The highest BCUT2D eigenvalue weighted by molar-refractivity contribution is 5.92. The molecule has 0 aliphatic carbocycles. The summed E-state index contributed by atoms with van der Waals surface area (Å²) in [6.45, 7) is 0.747. The van der Waals surface area contributed by atoms with Crippen molar-refractivity contribution < 1.29 is 14.6 Å². The second kappa shape index (κ2) is 7.79. The van der Waals surface area contributed by atoms with E-state index >= 15 is 0 Å². The second-order valence-electron chi connectivity index (χ2n) is 5.78. The standard InChI is InChI=1S/C20H21NO3/c22-12-10-18(16-4-2-1-3-5-16)21-20(23)9-7-15-6-8-19-17(14-15)11-13-24-19/h1-9,14,18,22H,10-13H2,(H,21,23)/b9-7+. The number of aliphatic hydroxyl groups is 1. The van der Waals surface area contributed by atoms with Crippen molar-refractivity contribution in [2.24, 2.45) is 0 Å². The van der Waals surface area contributed by atoms with Gasteiger partial charge >= 0.3 is 0 Å². The molecule has 1 aliphatic rings. The molecule has 4 heteroatoms. The molecule has 4 nitrogen and oxygen atoms in total. The fraction of sp³-hybridized carbons (Fsp3) is 0.250. The monoisotopic (exact) mass is 323 g/mol. The maximum absolute atomic E-state index is 12.2. The maximum Gasteiger partial charge on any atom is 0.244 e. The van der Waals surface area contributed by atoms with Gasteiger partial charge in [-0.15, -0.1) is 0 Å². The van der Waals surface area contributed by atoms with Gasteiger partial charge in [-0.05, 0) is 41.3 Å². The Bertz CT molecular complexity index is 725. The minimum Gasteiger partial charge on any atom is -0.493 e. The Morgan fingerprint density at radius 1 is 1.25 bits per heavy atom. The lowest BCUT2D eigenvalue weighted by Gasteiger charge is -2.17. The van der Waals surface area contributed by atoms with Gasteiger partial charge in [0.15, 0.2) is 0 Å². The number of fused-ring (bicyclic) bond motifs is 1. The van der Waals surface area contributed by atoms with E-state index in [1.807, 2.05) is 42.5 Å². The summed E-state index contributed by atoms with van der Waals surface area (Å²) >= 11 is 0. The molecule has 1 aliphatic heterocycles. The first kappa shape index (κ1) is 16.3. The summed E-state index contributed by atoms with van der Waals surface area (Å²) in [6.07, 6.45) is 4.73. The van der Waals surface area contributed by atoms with Crippen LogP contribution in [-0.2, 0) is 11.2 Å². The highest BCUT2D eigenvalue weighted by Crippen LogP contribution is 2.26. The first-order valence-electron chi connectivity index (χ1n) is 8.16. The van der Waals surface area contributed by atoms with E-state index in [0.717, 1.165) is 29.9 Å². The Morgan fingerprint density at radius 2 is 2.08 bits per heavy atom. The zero-order valence-electron chi connectivity index (χ0n) is 13.4. The highest BCUT2D eigenvalue weighted by Gasteiger charge is 2.13. The number of nitrogens with one attached hydrogen (secondary N) is 1. The van der Waals surface area contributed by atoms with Crippen LogP contribution in [0.3, 0.4) is 0 Å². The minimum atomic E-state index is -0.193. The third kappa shape index (κ3) is 4.03. The number of aliphatic hydroxyl groups excluding tert-OH is 1. The van der Waals surface area contributed by atoms with Crippen LogP contribution in [0, 0.1) is 0 Å². The van der Waals surface area contributed by atoms with Crippen LogP contribution in [0.2, 0.25) is 0 Å². The van der Waals surface area contributed by atoms with E-state index in [2.05, 4.69) is 11.4 Å². The number of amides is 1. The maximum atomic E-state index is 12.2. The average Bonchev–Trinajstić information content (AvgIpc) is 3.08. The highest BCUT2D eigenvalue weighted by atomic mass is 16.5. The van der Waals surface area contributed by atoms with Crippen LogP contribution in [0.15, 0.2) is 54.6 Å². The summed E-state index contributed by atoms with van der Waals surface area (Å²) in [5, 5.41) is 12.2. The van der Waals surface area contributed by atoms with Crippen molar-refractivity contribution >= 4 is 12.0 Å². The van der Waals surface area contributed by atoms with E-state index in [0.29, 0.717) is 6.42 Å². The fourth-order valence-corrected chi connectivity index (χ4v) is 2.84. The molecule has 124 valence electrons. The molecule has 1 heterocycles. The van der Waals surface area contributed by atoms with E-state index < -0.39 is 0 Å². The van der Waals surface area contributed by atoms with Gasteiger partial charge in [0.2, 0.25) is 5.91 Å². The van der Waals surface area contributed by atoms with Crippen LogP contribution in [-0.4, -0.2) is 24.2 Å². The number of carbonyl (C=O) groups is 1. The fourth-order valence-electron chi connectivity index (χ4n) is 2.84. The van der Waals surface area contributed by atoms with Crippen molar-refractivity contribution in [1.29, 1.82) is 0 Å². The van der Waals surface area contributed by atoms with Crippen LogP contribution in [0.25, 0.3) is 6.08 Å². The Hall–Kier alpha value is -2.59. The van der Waals surface area contributed by atoms with Gasteiger partial charge in [0, 0.05) is 19.1 Å². The summed E-state index contributed by atoms with van der Waals surface area (Å²) in [5.74, 6) is 0.762. The predicted molar refractivity (Wildman–Crippen MR) is 93.7 cm³/mol. The van der Waals surface area contributed by atoms with E-state index in [1.54, 1.807) is 6.08 Å². The summed E-state index contributed by atoms with van der Waals surface area (Å²) in [7, 11) is 0. The SMILES string of the molecule is O=C(/C=C/c1ccc2c(c1)CCO2)NC(CCO)c1ccccc1. The second-order valence-corrected chi connectivity index (χ2v) is 5.78. The van der Waals surface area contributed by atoms with Crippen LogP contribution < -0.4 is 10.1 Å². The zero-order chi connectivity index (χ0) is 16.8. The summed E-state index contributed by atoms with van der Waals surface area (Å²) in [5.41, 5.74) is 3.15. The molecule has 0 bridgehead atoms. The van der Waals surface area contributed by atoms with Gasteiger partial charge in [0.05, 0.1) is 12.6 Å². The molecule has 3 rings (SSSR count). The van der Waals surface area contributed by atoms with E-state index in [4.69, 9.17) is 4.74 Å². The van der Waals surface area contributed by atoms with Gasteiger partial charge in [-0.25, -0.2) is 0 Å².